The summed E-state index contributed by atoms with van der Waals surface area (Å²) in [5, 5.41) is 10.4. The van der Waals surface area contributed by atoms with Crippen LogP contribution >= 0.6 is 22.9 Å². The van der Waals surface area contributed by atoms with E-state index >= 15 is 0 Å². The molecule has 28 heavy (non-hydrogen) atoms. The molecule has 142 valence electrons. The topological polar surface area (TPSA) is 55.1 Å². The number of halogens is 1. The molecule has 5 nitrogen and oxygen atoms in total. The van der Waals surface area contributed by atoms with Crippen molar-refractivity contribution in [2.45, 2.75) is 25.3 Å². The largest absolute Gasteiger partial charge is 0.419 e. The standard InChI is InChI=1S/C21H19ClN4OS/c22-16-9-7-14(8-10-16)20-25-24-19(27-20)13-26-11-3-4-15(12-26)21-23-17-5-1-2-6-18(17)28-21/h1-2,5-10,15H,3-4,11-13H2/t15-/m0/s1. The lowest BCUT2D eigenvalue weighted by atomic mass is 9.99. The summed E-state index contributed by atoms with van der Waals surface area (Å²) in [7, 11) is 0. The van der Waals surface area contributed by atoms with Crippen molar-refractivity contribution in [2.75, 3.05) is 13.1 Å². The van der Waals surface area contributed by atoms with Gasteiger partial charge in [-0.05, 0) is 55.8 Å². The molecule has 0 bridgehead atoms. The summed E-state index contributed by atoms with van der Waals surface area (Å²) in [6.07, 6.45) is 2.33. The molecule has 3 heterocycles. The number of fused-ring (bicyclic) bond motifs is 1. The Morgan fingerprint density at radius 2 is 1.96 bits per heavy atom. The van der Waals surface area contributed by atoms with Crippen LogP contribution in [0.4, 0.5) is 0 Å². The minimum atomic E-state index is 0.463. The molecule has 5 rings (SSSR count). The van der Waals surface area contributed by atoms with E-state index in [1.165, 1.54) is 16.1 Å². The lowest BCUT2D eigenvalue weighted by molar-refractivity contribution is 0.184. The highest BCUT2D eigenvalue weighted by Gasteiger charge is 2.25. The van der Waals surface area contributed by atoms with Gasteiger partial charge in [-0.3, -0.25) is 4.90 Å². The molecule has 0 saturated carbocycles. The molecule has 1 aliphatic heterocycles. The maximum Gasteiger partial charge on any atom is 0.247 e. The van der Waals surface area contributed by atoms with E-state index < -0.39 is 0 Å². The van der Waals surface area contributed by atoms with Crippen LogP contribution in [0.3, 0.4) is 0 Å². The molecule has 7 heteroatoms. The maximum absolute atomic E-state index is 5.95. The molecule has 1 fully saturated rings. The van der Waals surface area contributed by atoms with Gasteiger partial charge >= 0.3 is 0 Å². The number of benzene rings is 2. The van der Waals surface area contributed by atoms with Crippen LogP contribution in [0.25, 0.3) is 21.7 Å². The molecule has 1 saturated heterocycles. The van der Waals surface area contributed by atoms with Crippen molar-refractivity contribution >= 4 is 33.2 Å². The summed E-state index contributed by atoms with van der Waals surface area (Å²) in [4.78, 5) is 7.25. The van der Waals surface area contributed by atoms with Gasteiger partial charge in [0.2, 0.25) is 11.8 Å². The summed E-state index contributed by atoms with van der Waals surface area (Å²) in [6.45, 7) is 2.68. The predicted molar refractivity (Wildman–Crippen MR) is 112 cm³/mol. The zero-order valence-electron chi connectivity index (χ0n) is 15.2. The predicted octanol–water partition coefficient (Wildman–Crippen LogP) is 5.38. The molecule has 2 aromatic carbocycles. The molecule has 1 aliphatic rings. The third kappa shape index (κ3) is 3.68. The summed E-state index contributed by atoms with van der Waals surface area (Å²) < 4.78 is 7.14. The van der Waals surface area contributed by atoms with Crippen molar-refractivity contribution in [3.8, 4) is 11.5 Å². The summed E-state index contributed by atoms with van der Waals surface area (Å²) in [5.74, 6) is 1.64. The molecule has 0 radical (unpaired) electrons. The second-order valence-corrected chi connectivity index (χ2v) is 8.60. The summed E-state index contributed by atoms with van der Waals surface area (Å²) >= 11 is 7.76. The van der Waals surface area contributed by atoms with Crippen molar-refractivity contribution in [2.24, 2.45) is 0 Å². The highest BCUT2D eigenvalue weighted by atomic mass is 35.5. The first-order valence-corrected chi connectivity index (χ1v) is 10.6. The molecule has 2 aromatic heterocycles. The number of hydrogen-bond donors (Lipinski definition) is 0. The number of para-hydroxylation sites is 1. The van der Waals surface area contributed by atoms with Crippen LogP contribution in [0.15, 0.2) is 52.9 Å². The van der Waals surface area contributed by atoms with E-state index in [1.807, 2.05) is 41.7 Å². The number of likely N-dealkylation sites (tertiary alicyclic amines) is 1. The minimum Gasteiger partial charge on any atom is -0.419 e. The Labute approximate surface area is 172 Å². The van der Waals surface area contributed by atoms with Gasteiger partial charge in [0.05, 0.1) is 21.8 Å². The fourth-order valence-electron chi connectivity index (χ4n) is 3.68. The number of aromatic nitrogens is 3. The van der Waals surface area contributed by atoms with Crippen LogP contribution in [0, 0.1) is 0 Å². The number of rotatable bonds is 4. The first-order valence-electron chi connectivity index (χ1n) is 9.41. The normalized spacial score (nSPS) is 18.0. The second-order valence-electron chi connectivity index (χ2n) is 7.10. The number of nitrogens with zero attached hydrogens (tertiary/aromatic N) is 4. The number of piperidine rings is 1. The van der Waals surface area contributed by atoms with Crippen LogP contribution in [0.5, 0.6) is 0 Å². The third-order valence-electron chi connectivity index (χ3n) is 5.08. The van der Waals surface area contributed by atoms with E-state index in [2.05, 4.69) is 33.3 Å². The zero-order valence-corrected chi connectivity index (χ0v) is 16.8. The molecule has 0 amide bonds. The van der Waals surface area contributed by atoms with Gasteiger partial charge in [-0.1, -0.05) is 23.7 Å². The first kappa shape index (κ1) is 17.8. The number of thiazole rings is 1. The molecule has 1 atom stereocenters. The maximum atomic E-state index is 5.95. The van der Waals surface area contributed by atoms with E-state index in [9.17, 15) is 0 Å². The molecule has 0 spiro atoms. The fourth-order valence-corrected chi connectivity index (χ4v) is 4.90. The minimum absolute atomic E-state index is 0.463. The van der Waals surface area contributed by atoms with Crippen LogP contribution in [-0.2, 0) is 6.54 Å². The van der Waals surface area contributed by atoms with Crippen LogP contribution in [-0.4, -0.2) is 33.2 Å². The Morgan fingerprint density at radius 1 is 1.11 bits per heavy atom. The van der Waals surface area contributed by atoms with Gasteiger partial charge in [-0.25, -0.2) is 4.98 Å². The Kier molecular flexibility index (Phi) is 4.84. The van der Waals surface area contributed by atoms with Crippen LogP contribution in [0.1, 0.15) is 29.7 Å². The van der Waals surface area contributed by atoms with E-state index in [4.69, 9.17) is 21.0 Å². The number of hydrogen-bond acceptors (Lipinski definition) is 6. The molecule has 0 aliphatic carbocycles. The molecular weight excluding hydrogens is 392 g/mol. The van der Waals surface area contributed by atoms with Crippen molar-refractivity contribution in [3.63, 3.8) is 0 Å². The average Bonchev–Trinajstić information content (AvgIpc) is 3.36. The SMILES string of the molecule is Clc1ccc(-c2nnc(CN3CCC[C@H](c4nc5ccccc5s4)C3)o2)cc1. The smallest absolute Gasteiger partial charge is 0.247 e. The van der Waals surface area contributed by atoms with Gasteiger partial charge < -0.3 is 4.42 Å². The Hall–Kier alpha value is -2.28. The first-order chi connectivity index (χ1) is 13.7. The summed E-state index contributed by atoms with van der Waals surface area (Å²) in [6, 6.07) is 15.8. The van der Waals surface area contributed by atoms with Gasteiger partial charge in [0, 0.05) is 23.0 Å². The quantitative estimate of drug-likeness (QED) is 0.452. The van der Waals surface area contributed by atoms with E-state index in [0.29, 0.717) is 29.3 Å². The molecule has 4 aromatic rings. The van der Waals surface area contributed by atoms with E-state index in [-0.39, 0.29) is 0 Å². The lowest BCUT2D eigenvalue weighted by Gasteiger charge is -2.30. The summed E-state index contributed by atoms with van der Waals surface area (Å²) in [5.41, 5.74) is 1.98. The van der Waals surface area contributed by atoms with E-state index in [1.54, 1.807) is 0 Å². The molecule has 0 N–H and O–H groups in total. The highest BCUT2D eigenvalue weighted by molar-refractivity contribution is 7.18. The second kappa shape index (κ2) is 7.62. The van der Waals surface area contributed by atoms with E-state index in [0.717, 1.165) is 30.6 Å². The van der Waals surface area contributed by atoms with Crippen molar-refractivity contribution in [1.29, 1.82) is 0 Å². The van der Waals surface area contributed by atoms with Crippen molar-refractivity contribution in [3.05, 3.63) is 64.5 Å². The van der Waals surface area contributed by atoms with Gasteiger partial charge in [-0.15, -0.1) is 21.5 Å². The Bertz CT molecular complexity index is 1060. The van der Waals surface area contributed by atoms with Crippen molar-refractivity contribution < 1.29 is 4.42 Å². The van der Waals surface area contributed by atoms with Crippen LogP contribution in [0.2, 0.25) is 5.02 Å². The van der Waals surface area contributed by atoms with Crippen LogP contribution < -0.4 is 0 Å². The zero-order chi connectivity index (χ0) is 18.9. The van der Waals surface area contributed by atoms with Gasteiger partial charge in [0.25, 0.3) is 0 Å². The van der Waals surface area contributed by atoms with Gasteiger partial charge in [0.1, 0.15) is 0 Å². The monoisotopic (exact) mass is 410 g/mol. The highest BCUT2D eigenvalue weighted by Crippen LogP contribution is 2.33. The molecule has 0 unspecified atom stereocenters. The lowest BCUT2D eigenvalue weighted by Crippen LogP contribution is -2.33. The molecular formula is C21H19ClN4OS. The fraction of sp³-hybridized carbons (Fsp3) is 0.286. The average molecular weight is 411 g/mol. The Morgan fingerprint density at radius 3 is 2.82 bits per heavy atom. The van der Waals surface area contributed by atoms with Gasteiger partial charge in [-0.2, -0.15) is 0 Å². The third-order valence-corrected chi connectivity index (χ3v) is 6.53. The Balaban J connectivity index is 1.28. The van der Waals surface area contributed by atoms with Crippen molar-refractivity contribution in [1.82, 2.24) is 20.1 Å². The van der Waals surface area contributed by atoms with Gasteiger partial charge in [0.15, 0.2) is 0 Å².